The van der Waals surface area contributed by atoms with E-state index in [0.717, 1.165) is 12.8 Å². The van der Waals surface area contributed by atoms with Gasteiger partial charge in [0.1, 0.15) is 4.90 Å². The predicted octanol–water partition coefficient (Wildman–Crippen LogP) is 2.49. The van der Waals surface area contributed by atoms with Crippen molar-refractivity contribution >= 4 is 27.3 Å². The summed E-state index contributed by atoms with van der Waals surface area (Å²) < 4.78 is 50.4. The highest BCUT2D eigenvalue weighted by molar-refractivity contribution is 7.89. The summed E-state index contributed by atoms with van der Waals surface area (Å²) in [4.78, 5) is 1.57. The maximum atomic E-state index is 13.0. The van der Waals surface area contributed by atoms with Crippen molar-refractivity contribution in [3.05, 3.63) is 23.2 Å². The van der Waals surface area contributed by atoms with Gasteiger partial charge < -0.3 is 4.90 Å². The Morgan fingerprint density at radius 1 is 1.32 bits per heavy atom. The van der Waals surface area contributed by atoms with E-state index in [9.17, 15) is 17.2 Å². The lowest BCUT2D eigenvalue weighted by molar-refractivity contribution is 0.0297. The molecular weight excluding hydrogens is 298 g/mol. The number of alkyl halides is 2. The van der Waals surface area contributed by atoms with Crippen molar-refractivity contribution in [3.8, 4) is 0 Å². The molecule has 1 aromatic rings. The molecule has 8 heteroatoms. The van der Waals surface area contributed by atoms with Crippen LogP contribution in [0.5, 0.6) is 0 Å². The third-order valence-corrected chi connectivity index (χ3v) is 5.33. The SMILES string of the molecule is O=S1(=O)c2cc(Cl)ccc2N(C2CC2)CN1C(F)F. The molecule has 19 heavy (non-hydrogen) atoms. The van der Waals surface area contributed by atoms with E-state index in [-0.39, 0.29) is 26.9 Å². The van der Waals surface area contributed by atoms with Crippen molar-refractivity contribution in [2.45, 2.75) is 30.3 Å². The zero-order valence-electron chi connectivity index (χ0n) is 9.76. The Bertz CT molecular complexity index is 619. The maximum absolute atomic E-state index is 13.0. The normalized spacial score (nSPS) is 22.6. The number of benzene rings is 1. The molecule has 1 aliphatic heterocycles. The van der Waals surface area contributed by atoms with Gasteiger partial charge in [-0.2, -0.15) is 8.78 Å². The second-order valence-corrected chi connectivity index (χ2v) is 6.92. The topological polar surface area (TPSA) is 40.6 Å². The van der Waals surface area contributed by atoms with Crippen molar-refractivity contribution in [1.82, 2.24) is 4.31 Å². The first-order valence-corrected chi connectivity index (χ1v) is 7.59. The fourth-order valence-corrected chi connectivity index (χ4v) is 3.93. The fraction of sp³-hybridized carbons (Fsp3) is 0.455. The summed E-state index contributed by atoms with van der Waals surface area (Å²) in [5.41, 5.74) is 0.462. The molecule has 0 spiro atoms. The van der Waals surface area contributed by atoms with Crippen LogP contribution in [0.15, 0.2) is 23.1 Å². The van der Waals surface area contributed by atoms with Crippen molar-refractivity contribution in [3.63, 3.8) is 0 Å². The van der Waals surface area contributed by atoms with Crippen LogP contribution in [0.3, 0.4) is 0 Å². The fourth-order valence-electron chi connectivity index (χ4n) is 2.23. The number of halogens is 3. The first-order chi connectivity index (χ1) is 8.91. The summed E-state index contributed by atoms with van der Waals surface area (Å²) in [6, 6.07) is 4.52. The number of hydrogen-bond donors (Lipinski definition) is 0. The molecule has 3 rings (SSSR count). The highest BCUT2D eigenvalue weighted by atomic mass is 35.5. The molecule has 0 atom stereocenters. The lowest BCUT2D eigenvalue weighted by Crippen LogP contribution is -2.49. The molecule has 1 aromatic carbocycles. The summed E-state index contributed by atoms with van der Waals surface area (Å²) >= 11 is 5.79. The maximum Gasteiger partial charge on any atom is 0.309 e. The highest BCUT2D eigenvalue weighted by Crippen LogP contribution is 2.41. The van der Waals surface area contributed by atoms with Gasteiger partial charge in [0, 0.05) is 11.1 Å². The number of nitrogens with zero attached hydrogens (tertiary/aromatic N) is 2. The second kappa shape index (κ2) is 4.29. The van der Waals surface area contributed by atoms with E-state index in [0.29, 0.717) is 5.69 Å². The van der Waals surface area contributed by atoms with Crippen LogP contribution in [0.4, 0.5) is 14.5 Å². The number of rotatable bonds is 2. The third-order valence-electron chi connectivity index (χ3n) is 3.32. The number of fused-ring (bicyclic) bond motifs is 1. The van der Waals surface area contributed by atoms with E-state index >= 15 is 0 Å². The minimum Gasteiger partial charge on any atom is -0.353 e. The highest BCUT2D eigenvalue weighted by Gasteiger charge is 2.44. The first-order valence-electron chi connectivity index (χ1n) is 5.77. The molecule has 0 aromatic heterocycles. The van der Waals surface area contributed by atoms with Gasteiger partial charge >= 0.3 is 6.55 Å². The average molecular weight is 309 g/mol. The molecule has 1 heterocycles. The minimum absolute atomic E-state index is 0.136. The molecule has 0 saturated heterocycles. The van der Waals surface area contributed by atoms with Crippen molar-refractivity contribution < 1.29 is 17.2 Å². The summed E-state index contributed by atoms with van der Waals surface area (Å²) in [5.74, 6) is 0. The van der Waals surface area contributed by atoms with Crippen LogP contribution >= 0.6 is 11.6 Å². The van der Waals surface area contributed by atoms with Gasteiger partial charge in [0.15, 0.2) is 0 Å². The average Bonchev–Trinajstić information content (AvgIpc) is 3.13. The monoisotopic (exact) mass is 308 g/mol. The lowest BCUT2D eigenvalue weighted by Gasteiger charge is -2.37. The Labute approximate surface area is 114 Å². The van der Waals surface area contributed by atoms with Crippen LogP contribution in [-0.2, 0) is 10.0 Å². The molecule has 104 valence electrons. The van der Waals surface area contributed by atoms with Gasteiger partial charge in [0.2, 0.25) is 0 Å². The van der Waals surface area contributed by atoms with E-state index in [1.807, 2.05) is 0 Å². The predicted molar refractivity (Wildman–Crippen MR) is 66.8 cm³/mol. The third kappa shape index (κ3) is 2.09. The van der Waals surface area contributed by atoms with E-state index in [1.165, 1.54) is 6.07 Å². The van der Waals surface area contributed by atoms with Gasteiger partial charge in [-0.15, -0.1) is 4.31 Å². The molecule has 1 aliphatic carbocycles. The van der Waals surface area contributed by atoms with Crippen LogP contribution in [0.25, 0.3) is 0 Å². The minimum atomic E-state index is -4.19. The quantitative estimate of drug-likeness (QED) is 0.788. The summed E-state index contributed by atoms with van der Waals surface area (Å²) in [6.07, 6.45) is 1.78. The summed E-state index contributed by atoms with van der Waals surface area (Å²) in [7, 11) is -4.19. The second-order valence-electron chi connectivity index (χ2n) is 4.62. The van der Waals surface area contributed by atoms with Gasteiger partial charge in [-0.3, -0.25) is 0 Å². The smallest absolute Gasteiger partial charge is 0.309 e. The molecule has 1 saturated carbocycles. The Morgan fingerprint density at radius 3 is 2.58 bits per heavy atom. The van der Waals surface area contributed by atoms with Crippen LogP contribution in [0.1, 0.15) is 12.8 Å². The van der Waals surface area contributed by atoms with Crippen molar-refractivity contribution in [1.29, 1.82) is 0 Å². The molecule has 4 nitrogen and oxygen atoms in total. The van der Waals surface area contributed by atoms with Gasteiger partial charge in [-0.05, 0) is 31.0 Å². The van der Waals surface area contributed by atoms with Crippen molar-refractivity contribution in [2.24, 2.45) is 0 Å². The van der Waals surface area contributed by atoms with Gasteiger partial charge in [0.25, 0.3) is 10.0 Å². The standard InChI is InChI=1S/C11H11ClF2N2O2S/c12-7-1-4-9-10(5-7)19(17,18)16(11(13)14)6-15(9)8-2-3-8/h1,4-5,8,11H,2-3,6H2. The van der Waals surface area contributed by atoms with Crippen molar-refractivity contribution in [2.75, 3.05) is 11.6 Å². The number of sulfonamides is 1. The van der Waals surface area contributed by atoms with E-state index in [2.05, 4.69) is 0 Å². The van der Waals surface area contributed by atoms with E-state index in [1.54, 1.807) is 17.0 Å². The zero-order chi connectivity index (χ0) is 13.8. The largest absolute Gasteiger partial charge is 0.353 e. The number of hydrogen-bond acceptors (Lipinski definition) is 3. The van der Waals surface area contributed by atoms with Gasteiger partial charge in [-0.1, -0.05) is 11.6 Å². The lowest BCUT2D eigenvalue weighted by atomic mass is 10.3. The molecule has 1 fully saturated rings. The van der Waals surface area contributed by atoms with Gasteiger partial charge in [-0.25, -0.2) is 8.42 Å². The van der Waals surface area contributed by atoms with E-state index in [4.69, 9.17) is 11.6 Å². The molecule has 0 amide bonds. The van der Waals surface area contributed by atoms with Crippen LogP contribution < -0.4 is 4.90 Å². The van der Waals surface area contributed by atoms with Crippen LogP contribution in [-0.4, -0.2) is 32.0 Å². The molecule has 0 bridgehead atoms. The Morgan fingerprint density at radius 2 is 2.00 bits per heavy atom. The molecule has 0 unspecified atom stereocenters. The molecular formula is C11H11ClF2N2O2S. The van der Waals surface area contributed by atoms with Crippen LogP contribution in [0.2, 0.25) is 5.02 Å². The molecule has 0 N–H and O–H groups in total. The molecule has 0 radical (unpaired) electrons. The number of anilines is 1. The van der Waals surface area contributed by atoms with Crippen LogP contribution in [0, 0.1) is 0 Å². The van der Waals surface area contributed by atoms with Gasteiger partial charge in [0.05, 0.1) is 12.4 Å². The first kappa shape index (κ1) is 13.1. The Kier molecular flexibility index (Phi) is 2.95. The Balaban J connectivity index is 2.17. The zero-order valence-corrected chi connectivity index (χ0v) is 11.3. The summed E-state index contributed by atoms with van der Waals surface area (Å²) in [6.45, 7) is -3.36. The Hall–Kier alpha value is -0.920. The summed E-state index contributed by atoms with van der Waals surface area (Å²) in [5, 5.41) is 0.217. The van der Waals surface area contributed by atoms with E-state index < -0.39 is 16.6 Å². The molecule has 2 aliphatic rings.